The van der Waals surface area contributed by atoms with Crippen molar-refractivity contribution in [3.8, 4) is 0 Å². The monoisotopic (exact) mass is 361 g/mol. The van der Waals surface area contributed by atoms with Gasteiger partial charge in [-0.05, 0) is 25.3 Å². The molecule has 0 amide bonds. The number of hydrogen-bond donors (Lipinski definition) is 1. The zero-order valence-corrected chi connectivity index (χ0v) is 14.9. The molecule has 0 aromatic carbocycles. The molecule has 1 spiro atoms. The smallest absolute Gasteiger partial charge is 0.276 e. The average molecular weight is 361 g/mol. The van der Waals surface area contributed by atoms with Crippen LogP contribution in [0.25, 0.3) is 10.4 Å². The van der Waals surface area contributed by atoms with Crippen molar-refractivity contribution >= 4 is 27.2 Å². The molecule has 10 heteroatoms. The van der Waals surface area contributed by atoms with Crippen LogP contribution < -0.4 is 10.0 Å². The van der Waals surface area contributed by atoms with Crippen molar-refractivity contribution in [2.45, 2.75) is 25.8 Å². The highest BCUT2D eigenvalue weighted by atomic mass is 32.2. The SMILES string of the molecule is [C-]#[N+]c1cn2ncnc(N3CC4(CC(N(C)S(N)(=O)=O)C4)C3)c2c1C. The molecule has 9 nitrogen and oxygen atoms in total. The number of aromatic nitrogens is 3. The summed E-state index contributed by atoms with van der Waals surface area (Å²) in [5.74, 6) is 0.830. The predicted molar refractivity (Wildman–Crippen MR) is 92.5 cm³/mol. The van der Waals surface area contributed by atoms with Gasteiger partial charge >= 0.3 is 0 Å². The molecular formula is C15H19N7O2S. The third kappa shape index (κ3) is 2.38. The van der Waals surface area contributed by atoms with Gasteiger partial charge in [-0.3, -0.25) is 0 Å². The van der Waals surface area contributed by atoms with Gasteiger partial charge in [-0.1, -0.05) is 0 Å². The summed E-state index contributed by atoms with van der Waals surface area (Å²) in [7, 11) is -2.10. The molecule has 132 valence electrons. The third-order valence-electron chi connectivity index (χ3n) is 5.51. The van der Waals surface area contributed by atoms with Crippen LogP contribution in [0, 0.1) is 18.9 Å². The zero-order chi connectivity index (χ0) is 18.0. The lowest BCUT2D eigenvalue weighted by Gasteiger charge is -2.60. The van der Waals surface area contributed by atoms with Crippen molar-refractivity contribution in [1.82, 2.24) is 18.9 Å². The standard InChI is InChI=1S/C15H19N7O2S/c1-10-12(17-2)6-22-13(10)14(18-9-19-22)21-7-15(8-21)4-11(5-15)20(3)25(16,23)24/h6,9,11H,4-5,7-8H2,1,3H3,(H2,16,23,24). The van der Waals surface area contributed by atoms with Crippen LogP contribution in [0.5, 0.6) is 0 Å². The Morgan fingerprint density at radius 2 is 2.12 bits per heavy atom. The molecule has 1 aliphatic carbocycles. The van der Waals surface area contributed by atoms with E-state index in [-0.39, 0.29) is 11.5 Å². The zero-order valence-electron chi connectivity index (χ0n) is 14.0. The van der Waals surface area contributed by atoms with Crippen LogP contribution in [0.4, 0.5) is 11.5 Å². The van der Waals surface area contributed by atoms with Gasteiger partial charge in [0.05, 0.1) is 12.1 Å². The third-order valence-corrected chi connectivity index (χ3v) is 6.61. The van der Waals surface area contributed by atoms with Crippen LogP contribution >= 0.6 is 0 Å². The summed E-state index contributed by atoms with van der Waals surface area (Å²) in [4.78, 5) is 10.1. The molecule has 2 N–H and O–H groups in total. The summed E-state index contributed by atoms with van der Waals surface area (Å²) < 4.78 is 25.8. The number of hydrogen-bond acceptors (Lipinski definition) is 5. The van der Waals surface area contributed by atoms with Gasteiger partial charge in [0.2, 0.25) is 5.69 Å². The summed E-state index contributed by atoms with van der Waals surface area (Å²) >= 11 is 0. The van der Waals surface area contributed by atoms with Crippen LogP contribution in [0.2, 0.25) is 0 Å². The van der Waals surface area contributed by atoms with Gasteiger partial charge in [-0.15, -0.1) is 0 Å². The van der Waals surface area contributed by atoms with Gasteiger partial charge in [0.25, 0.3) is 10.2 Å². The molecule has 2 aromatic rings. The van der Waals surface area contributed by atoms with E-state index < -0.39 is 10.2 Å². The molecule has 1 aliphatic heterocycles. The highest BCUT2D eigenvalue weighted by Gasteiger charge is 2.55. The van der Waals surface area contributed by atoms with Gasteiger partial charge in [0, 0.05) is 37.8 Å². The maximum Gasteiger partial charge on any atom is 0.276 e. The van der Waals surface area contributed by atoms with Crippen molar-refractivity contribution in [3.05, 3.63) is 29.5 Å². The van der Waals surface area contributed by atoms with E-state index in [0.29, 0.717) is 5.69 Å². The minimum absolute atomic E-state index is 0.0219. The van der Waals surface area contributed by atoms with E-state index in [2.05, 4.69) is 19.8 Å². The second-order valence-corrected chi connectivity index (χ2v) is 8.71. The van der Waals surface area contributed by atoms with Crippen LogP contribution in [0.15, 0.2) is 12.5 Å². The minimum atomic E-state index is -3.63. The number of fused-ring (bicyclic) bond motifs is 1. The van der Waals surface area contributed by atoms with E-state index in [9.17, 15) is 8.42 Å². The number of aryl methyl sites for hydroxylation is 1. The molecule has 0 atom stereocenters. The quantitative estimate of drug-likeness (QED) is 0.811. The Bertz CT molecular complexity index is 993. The van der Waals surface area contributed by atoms with Crippen molar-refractivity contribution in [2.24, 2.45) is 10.6 Å². The Morgan fingerprint density at radius 3 is 2.72 bits per heavy atom. The van der Waals surface area contributed by atoms with Gasteiger partial charge in [0.15, 0.2) is 5.82 Å². The molecular weight excluding hydrogens is 342 g/mol. The Balaban J connectivity index is 1.52. The molecule has 25 heavy (non-hydrogen) atoms. The fourth-order valence-electron chi connectivity index (χ4n) is 4.05. The number of rotatable bonds is 3. The van der Waals surface area contributed by atoms with Gasteiger partial charge in [0.1, 0.15) is 6.33 Å². The van der Waals surface area contributed by atoms with Crippen LogP contribution in [-0.4, -0.2) is 53.5 Å². The first-order valence-electron chi connectivity index (χ1n) is 7.95. The molecule has 0 unspecified atom stereocenters. The summed E-state index contributed by atoms with van der Waals surface area (Å²) in [5.41, 5.74) is 2.46. The van der Waals surface area contributed by atoms with E-state index in [1.165, 1.54) is 17.7 Å². The maximum absolute atomic E-state index is 11.4. The van der Waals surface area contributed by atoms with E-state index in [1.807, 2.05) is 6.92 Å². The number of nitrogens with two attached hydrogens (primary N) is 1. The Hall–Kier alpha value is -2.22. The fourth-order valence-corrected chi connectivity index (χ4v) is 4.61. The Kier molecular flexibility index (Phi) is 3.34. The van der Waals surface area contributed by atoms with Crippen LogP contribution in [0.1, 0.15) is 18.4 Å². The van der Waals surface area contributed by atoms with E-state index in [4.69, 9.17) is 11.7 Å². The largest absolute Gasteiger partial charge is 0.354 e. The molecule has 1 saturated carbocycles. The Labute approximate surface area is 146 Å². The summed E-state index contributed by atoms with van der Waals surface area (Å²) in [6, 6.07) is -0.0219. The highest BCUT2D eigenvalue weighted by molar-refractivity contribution is 7.86. The summed E-state index contributed by atoms with van der Waals surface area (Å²) in [6.45, 7) is 10.8. The second-order valence-electron chi connectivity index (χ2n) is 7.11. The molecule has 0 radical (unpaired) electrons. The van der Waals surface area contributed by atoms with Crippen molar-refractivity contribution < 1.29 is 8.42 Å². The van der Waals surface area contributed by atoms with Crippen molar-refractivity contribution in [2.75, 3.05) is 25.0 Å². The first-order chi connectivity index (χ1) is 11.7. The highest BCUT2D eigenvalue weighted by Crippen LogP contribution is 2.51. The molecule has 1 saturated heterocycles. The number of anilines is 1. The van der Waals surface area contributed by atoms with Crippen molar-refractivity contribution in [1.29, 1.82) is 0 Å². The van der Waals surface area contributed by atoms with Crippen LogP contribution in [-0.2, 0) is 10.2 Å². The first-order valence-corrected chi connectivity index (χ1v) is 9.45. The lowest BCUT2D eigenvalue weighted by molar-refractivity contribution is 0.0207. The maximum atomic E-state index is 11.4. The summed E-state index contributed by atoms with van der Waals surface area (Å²) in [5, 5.41) is 9.39. The minimum Gasteiger partial charge on any atom is -0.354 e. The van der Waals surface area contributed by atoms with Gasteiger partial charge < -0.3 is 4.90 Å². The molecule has 0 bridgehead atoms. The topological polar surface area (TPSA) is 101 Å². The van der Waals surface area contributed by atoms with E-state index >= 15 is 0 Å². The first kappa shape index (κ1) is 16.3. The second kappa shape index (κ2) is 5.14. The van der Waals surface area contributed by atoms with E-state index in [0.717, 1.165) is 42.8 Å². The fraction of sp³-hybridized carbons (Fsp3) is 0.533. The Morgan fingerprint density at radius 1 is 1.44 bits per heavy atom. The van der Waals surface area contributed by atoms with E-state index in [1.54, 1.807) is 10.7 Å². The molecule has 3 heterocycles. The predicted octanol–water partition coefficient (Wildman–Crippen LogP) is 0.693. The lowest BCUT2D eigenvalue weighted by Crippen LogP contribution is -2.67. The molecule has 2 aromatic heterocycles. The molecule has 2 fully saturated rings. The molecule has 2 aliphatic rings. The summed E-state index contributed by atoms with van der Waals surface area (Å²) in [6.07, 6.45) is 4.84. The van der Waals surface area contributed by atoms with Gasteiger partial charge in [-0.25, -0.2) is 19.5 Å². The van der Waals surface area contributed by atoms with Crippen LogP contribution in [0.3, 0.4) is 0 Å². The number of nitrogens with zero attached hydrogens (tertiary/aromatic N) is 6. The lowest BCUT2D eigenvalue weighted by atomic mass is 9.60. The molecule has 4 rings (SSSR count). The average Bonchev–Trinajstić information content (AvgIpc) is 2.80. The van der Waals surface area contributed by atoms with Crippen molar-refractivity contribution in [3.63, 3.8) is 0 Å². The normalized spacial score (nSPS) is 19.9. The van der Waals surface area contributed by atoms with Gasteiger partial charge in [-0.2, -0.15) is 17.8 Å².